The number of rotatable bonds is 0. The summed E-state index contributed by atoms with van der Waals surface area (Å²) >= 11 is 0. The third-order valence-corrected chi connectivity index (χ3v) is 2.68. The Kier molecular flexibility index (Phi) is 1.60. The summed E-state index contributed by atoms with van der Waals surface area (Å²) in [5.74, 6) is 0. The largest absolute Gasteiger partial charge is 0.386 e. The summed E-state index contributed by atoms with van der Waals surface area (Å²) in [6, 6.07) is 0. The first-order valence-corrected chi connectivity index (χ1v) is 4.23. The Labute approximate surface area is 66.0 Å². The topological polar surface area (TPSA) is 41.8 Å². The molecule has 1 heterocycles. The monoisotopic (exact) mass is 155 g/mol. The van der Waals surface area contributed by atoms with E-state index >= 15 is 0 Å². The zero-order chi connectivity index (χ0) is 7.73. The maximum absolute atomic E-state index is 9.53. The Balaban J connectivity index is 2.08. The second kappa shape index (κ2) is 2.48. The highest BCUT2D eigenvalue weighted by atomic mass is 16.7. The average Bonchev–Trinajstić information content (AvgIpc) is 2.36. The molecule has 0 amide bonds. The molecular formula is C8H13NO2. The molecule has 3 nitrogen and oxygen atoms in total. The van der Waals surface area contributed by atoms with Crippen LogP contribution >= 0.6 is 0 Å². The van der Waals surface area contributed by atoms with Gasteiger partial charge in [0.1, 0.15) is 6.10 Å². The predicted octanol–water partition coefficient (Wildman–Crippen LogP) is 1.07. The second-order valence-electron chi connectivity index (χ2n) is 3.42. The summed E-state index contributed by atoms with van der Waals surface area (Å²) in [5, 5.41) is 13.2. The summed E-state index contributed by atoms with van der Waals surface area (Å²) in [6.45, 7) is 0. The highest BCUT2D eigenvalue weighted by Gasteiger charge is 2.44. The van der Waals surface area contributed by atoms with Gasteiger partial charge in [0, 0.05) is 0 Å². The molecule has 0 saturated heterocycles. The zero-order valence-corrected chi connectivity index (χ0v) is 6.49. The molecule has 1 fully saturated rings. The number of hydrogen-bond acceptors (Lipinski definition) is 3. The number of oxime groups is 1. The molecule has 0 aromatic heterocycles. The minimum atomic E-state index is -0.470. The van der Waals surface area contributed by atoms with Crippen molar-refractivity contribution in [3.05, 3.63) is 0 Å². The van der Waals surface area contributed by atoms with E-state index in [0.717, 1.165) is 25.7 Å². The van der Waals surface area contributed by atoms with Gasteiger partial charge in [-0.15, -0.1) is 0 Å². The van der Waals surface area contributed by atoms with Crippen LogP contribution in [0.3, 0.4) is 0 Å². The van der Waals surface area contributed by atoms with Gasteiger partial charge < -0.3 is 9.94 Å². The lowest BCUT2D eigenvalue weighted by atomic mass is 9.81. The van der Waals surface area contributed by atoms with E-state index in [2.05, 4.69) is 5.16 Å². The Morgan fingerprint density at radius 1 is 1.36 bits per heavy atom. The van der Waals surface area contributed by atoms with Crippen LogP contribution in [0.1, 0.15) is 32.1 Å². The van der Waals surface area contributed by atoms with E-state index in [4.69, 9.17) is 4.84 Å². The summed E-state index contributed by atoms with van der Waals surface area (Å²) < 4.78 is 0. The minimum absolute atomic E-state index is 0.335. The molecule has 1 spiro atoms. The van der Waals surface area contributed by atoms with Crippen molar-refractivity contribution in [2.24, 2.45) is 5.16 Å². The Hall–Kier alpha value is -0.570. The van der Waals surface area contributed by atoms with E-state index in [-0.39, 0.29) is 5.60 Å². The van der Waals surface area contributed by atoms with Crippen LogP contribution < -0.4 is 0 Å². The van der Waals surface area contributed by atoms with Crippen LogP contribution in [0.5, 0.6) is 0 Å². The molecule has 0 radical (unpaired) electrons. The lowest BCUT2D eigenvalue weighted by Gasteiger charge is -2.32. The van der Waals surface area contributed by atoms with E-state index in [1.165, 1.54) is 12.6 Å². The van der Waals surface area contributed by atoms with Crippen LogP contribution in [0.4, 0.5) is 0 Å². The van der Waals surface area contributed by atoms with Crippen LogP contribution in [0.15, 0.2) is 5.16 Å². The highest BCUT2D eigenvalue weighted by molar-refractivity contribution is 5.65. The minimum Gasteiger partial charge on any atom is -0.386 e. The molecule has 2 aliphatic rings. The SMILES string of the molecule is OC1C=NOC12CCCCC2. The molecule has 1 aliphatic heterocycles. The van der Waals surface area contributed by atoms with E-state index in [1.54, 1.807) is 0 Å². The van der Waals surface area contributed by atoms with Gasteiger partial charge in [-0.3, -0.25) is 0 Å². The Bertz CT molecular complexity index is 173. The van der Waals surface area contributed by atoms with Crippen LogP contribution in [-0.2, 0) is 4.84 Å². The van der Waals surface area contributed by atoms with Gasteiger partial charge in [-0.2, -0.15) is 0 Å². The average molecular weight is 155 g/mol. The molecule has 62 valence electrons. The molecule has 0 aromatic carbocycles. The number of aliphatic hydroxyl groups is 1. The fourth-order valence-electron chi connectivity index (χ4n) is 1.92. The standard InChI is InChI=1S/C8H13NO2/c10-7-6-9-11-8(7)4-2-1-3-5-8/h6-7,10H,1-5H2. The smallest absolute Gasteiger partial charge is 0.168 e. The number of hydrogen-bond donors (Lipinski definition) is 1. The molecule has 2 rings (SSSR count). The zero-order valence-electron chi connectivity index (χ0n) is 6.49. The molecule has 0 bridgehead atoms. The van der Waals surface area contributed by atoms with E-state index in [9.17, 15) is 5.11 Å². The molecule has 11 heavy (non-hydrogen) atoms. The fraction of sp³-hybridized carbons (Fsp3) is 0.875. The van der Waals surface area contributed by atoms with Crippen LogP contribution in [-0.4, -0.2) is 23.0 Å². The molecule has 3 heteroatoms. The van der Waals surface area contributed by atoms with Crippen molar-refractivity contribution in [3.63, 3.8) is 0 Å². The van der Waals surface area contributed by atoms with Gasteiger partial charge >= 0.3 is 0 Å². The first-order valence-electron chi connectivity index (χ1n) is 4.23. The van der Waals surface area contributed by atoms with Gasteiger partial charge in [-0.25, -0.2) is 0 Å². The highest BCUT2D eigenvalue weighted by Crippen LogP contribution is 2.36. The summed E-state index contributed by atoms with van der Waals surface area (Å²) in [4.78, 5) is 5.21. The van der Waals surface area contributed by atoms with Crippen LogP contribution in [0.25, 0.3) is 0 Å². The number of nitrogens with zero attached hydrogens (tertiary/aromatic N) is 1. The maximum Gasteiger partial charge on any atom is 0.168 e. The third kappa shape index (κ3) is 1.03. The van der Waals surface area contributed by atoms with Gasteiger partial charge in [0.05, 0.1) is 6.21 Å². The van der Waals surface area contributed by atoms with Crippen LogP contribution in [0, 0.1) is 0 Å². The van der Waals surface area contributed by atoms with Crippen molar-refractivity contribution in [3.8, 4) is 0 Å². The molecule has 1 aliphatic carbocycles. The van der Waals surface area contributed by atoms with Gasteiger partial charge in [0.15, 0.2) is 5.60 Å². The second-order valence-corrected chi connectivity index (χ2v) is 3.42. The fourth-order valence-corrected chi connectivity index (χ4v) is 1.92. The molecule has 0 aromatic rings. The van der Waals surface area contributed by atoms with Crippen molar-refractivity contribution in [2.75, 3.05) is 0 Å². The van der Waals surface area contributed by atoms with E-state index in [1.807, 2.05) is 0 Å². The summed E-state index contributed by atoms with van der Waals surface area (Å²) in [7, 11) is 0. The van der Waals surface area contributed by atoms with Crippen molar-refractivity contribution >= 4 is 6.21 Å². The summed E-state index contributed by atoms with van der Waals surface area (Å²) in [5.41, 5.74) is -0.335. The van der Waals surface area contributed by atoms with Crippen LogP contribution in [0.2, 0.25) is 0 Å². The van der Waals surface area contributed by atoms with Gasteiger partial charge in [0.2, 0.25) is 0 Å². The first kappa shape index (κ1) is 7.10. The quantitative estimate of drug-likeness (QED) is 0.568. The molecule has 1 saturated carbocycles. The Morgan fingerprint density at radius 3 is 2.64 bits per heavy atom. The lowest BCUT2D eigenvalue weighted by Crippen LogP contribution is -2.42. The third-order valence-electron chi connectivity index (χ3n) is 2.68. The van der Waals surface area contributed by atoms with Crippen molar-refractivity contribution in [2.45, 2.75) is 43.8 Å². The molecular weight excluding hydrogens is 142 g/mol. The number of aliphatic hydroxyl groups excluding tert-OH is 1. The Morgan fingerprint density at radius 2 is 2.09 bits per heavy atom. The lowest BCUT2D eigenvalue weighted by molar-refractivity contribution is -0.0968. The molecule has 1 unspecified atom stereocenters. The molecule has 1 atom stereocenters. The first-order chi connectivity index (χ1) is 5.33. The molecule has 1 N–H and O–H groups in total. The normalized spacial score (nSPS) is 34.1. The van der Waals surface area contributed by atoms with Gasteiger partial charge in [-0.1, -0.05) is 11.6 Å². The van der Waals surface area contributed by atoms with Crippen molar-refractivity contribution in [1.29, 1.82) is 0 Å². The van der Waals surface area contributed by atoms with Crippen molar-refractivity contribution in [1.82, 2.24) is 0 Å². The van der Waals surface area contributed by atoms with Crippen molar-refractivity contribution < 1.29 is 9.94 Å². The van der Waals surface area contributed by atoms with Gasteiger partial charge in [0.25, 0.3) is 0 Å². The van der Waals surface area contributed by atoms with Gasteiger partial charge in [-0.05, 0) is 25.7 Å². The predicted molar refractivity (Wildman–Crippen MR) is 41.4 cm³/mol. The van der Waals surface area contributed by atoms with E-state index in [0.29, 0.717) is 0 Å². The van der Waals surface area contributed by atoms with E-state index < -0.39 is 6.10 Å². The summed E-state index contributed by atoms with van der Waals surface area (Å²) in [6.07, 6.45) is 6.51. The maximum atomic E-state index is 9.53.